The van der Waals surface area contributed by atoms with Crippen LogP contribution in [0.3, 0.4) is 0 Å². The number of benzene rings is 2. The van der Waals surface area contributed by atoms with Crippen molar-refractivity contribution in [3.63, 3.8) is 0 Å². The van der Waals surface area contributed by atoms with E-state index in [4.69, 9.17) is 34.8 Å². The summed E-state index contributed by atoms with van der Waals surface area (Å²) in [5, 5.41) is 3.77. The van der Waals surface area contributed by atoms with Gasteiger partial charge in [0, 0.05) is 4.47 Å². The molecule has 208 valence electrons. The van der Waals surface area contributed by atoms with Gasteiger partial charge in [0.25, 0.3) is 5.91 Å². The van der Waals surface area contributed by atoms with E-state index in [1.54, 1.807) is 19.2 Å². The number of hydrogen-bond acceptors (Lipinski definition) is 2. The number of carbonyl (C=O) groups excluding carboxylic acids is 2. The van der Waals surface area contributed by atoms with Crippen LogP contribution in [0.15, 0.2) is 40.9 Å². The molecule has 0 heterocycles. The molecule has 0 radical (unpaired) electrons. The van der Waals surface area contributed by atoms with Crippen LogP contribution in [0.25, 0.3) is 6.08 Å². The Bertz CT molecular complexity index is 1200. The van der Waals surface area contributed by atoms with E-state index in [2.05, 4.69) is 21.2 Å². The number of carbonyl (C=O) groups is 2. The molecular weight excluding hydrogens is 649 g/mol. The van der Waals surface area contributed by atoms with Crippen LogP contribution < -0.4 is 10.6 Å². The van der Waals surface area contributed by atoms with E-state index in [1.165, 1.54) is 24.3 Å². The first-order chi connectivity index (χ1) is 17.4. The molecule has 0 aliphatic rings. The van der Waals surface area contributed by atoms with Gasteiger partial charge in [-0.05, 0) is 57.2 Å². The fraction of sp³-hybridized carbons (Fsp3) is 0.333. The minimum atomic E-state index is -4.69. The Morgan fingerprint density at radius 2 is 1.58 bits per heavy atom. The maximum atomic E-state index is 13.8. The molecular formula is C24H20BrCl3F6N2O2. The third-order valence-electron chi connectivity index (χ3n) is 5.14. The number of alkyl halides is 6. The summed E-state index contributed by atoms with van der Waals surface area (Å²) in [6.07, 6.45) is -7.24. The number of halogens is 10. The van der Waals surface area contributed by atoms with Crippen LogP contribution >= 0.6 is 50.7 Å². The molecule has 0 spiro atoms. The van der Waals surface area contributed by atoms with Crippen molar-refractivity contribution >= 4 is 68.6 Å². The molecule has 0 fully saturated rings. The topological polar surface area (TPSA) is 58.2 Å². The third kappa shape index (κ3) is 9.07. The van der Waals surface area contributed by atoms with Crippen molar-refractivity contribution in [2.45, 2.75) is 38.2 Å². The van der Waals surface area contributed by atoms with Crippen molar-refractivity contribution in [2.75, 3.05) is 6.54 Å². The number of allylic oxidation sites excluding steroid dienone is 1. The van der Waals surface area contributed by atoms with E-state index in [1.807, 2.05) is 0 Å². The minimum Gasteiger partial charge on any atom is -0.345 e. The minimum absolute atomic E-state index is 0.0139. The van der Waals surface area contributed by atoms with Gasteiger partial charge in [0.2, 0.25) is 5.91 Å². The number of nitrogens with one attached hydrogen (secondary N) is 2. The van der Waals surface area contributed by atoms with Crippen LogP contribution in [0.1, 0.15) is 41.3 Å². The van der Waals surface area contributed by atoms with Crippen LogP contribution in [0, 0.1) is 5.92 Å². The monoisotopic (exact) mass is 666 g/mol. The molecule has 2 aromatic carbocycles. The number of rotatable bonds is 8. The molecule has 0 saturated heterocycles. The molecule has 0 aliphatic carbocycles. The number of hydrogen-bond donors (Lipinski definition) is 2. The largest absolute Gasteiger partial charge is 0.405 e. The van der Waals surface area contributed by atoms with Crippen LogP contribution in [0.4, 0.5) is 26.3 Å². The SMILES string of the molecule is CC(C)C(NC(=O)c1ccc(/C=C/C(c2cc(Cl)c(Cl)c(Cl)c2)C(F)(F)F)cc1Br)C(=O)NCC(F)(F)F. The molecule has 2 unspecified atom stereocenters. The maximum absolute atomic E-state index is 13.8. The molecule has 2 aromatic rings. The summed E-state index contributed by atoms with van der Waals surface area (Å²) < 4.78 is 78.8. The highest BCUT2D eigenvalue weighted by Crippen LogP contribution is 2.41. The second-order valence-corrected chi connectivity index (χ2v) is 10.5. The van der Waals surface area contributed by atoms with Gasteiger partial charge >= 0.3 is 12.4 Å². The predicted molar refractivity (Wildman–Crippen MR) is 139 cm³/mol. The molecule has 0 aliphatic heterocycles. The van der Waals surface area contributed by atoms with Crippen LogP contribution in [0.5, 0.6) is 0 Å². The van der Waals surface area contributed by atoms with E-state index in [-0.39, 0.29) is 36.2 Å². The van der Waals surface area contributed by atoms with Gasteiger partial charge in [0.1, 0.15) is 12.6 Å². The van der Waals surface area contributed by atoms with Crippen molar-refractivity contribution in [2.24, 2.45) is 5.92 Å². The van der Waals surface area contributed by atoms with Gasteiger partial charge in [-0.3, -0.25) is 9.59 Å². The summed E-state index contributed by atoms with van der Waals surface area (Å²) in [5.74, 6) is -4.39. The first-order valence-corrected chi connectivity index (χ1v) is 12.7. The Balaban J connectivity index is 2.25. The van der Waals surface area contributed by atoms with Crippen LogP contribution in [-0.2, 0) is 4.79 Å². The molecule has 2 N–H and O–H groups in total. The van der Waals surface area contributed by atoms with Crippen molar-refractivity contribution in [1.82, 2.24) is 10.6 Å². The van der Waals surface area contributed by atoms with Crippen LogP contribution in [-0.4, -0.2) is 36.8 Å². The van der Waals surface area contributed by atoms with Gasteiger partial charge in [-0.15, -0.1) is 0 Å². The zero-order valence-electron chi connectivity index (χ0n) is 19.6. The average molecular weight is 669 g/mol. The van der Waals surface area contributed by atoms with Crippen molar-refractivity contribution in [3.8, 4) is 0 Å². The smallest absolute Gasteiger partial charge is 0.345 e. The van der Waals surface area contributed by atoms with Gasteiger partial charge in [0.05, 0.1) is 26.5 Å². The second-order valence-electron chi connectivity index (χ2n) is 8.44. The van der Waals surface area contributed by atoms with E-state index < -0.39 is 48.6 Å². The summed E-state index contributed by atoms with van der Waals surface area (Å²) in [6, 6.07) is 4.90. The molecule has 4 nitrogen and oxygen atoms in total. The highest BCUT2D eigenvalue weighted by molar-refractivity contribution is 9.10. The van der Waals surface area contributed by atoms with Gasteiger partial charge in [-0.2, -0.15) is 26.3 Å². The molecule has 2 atom stereocenters. The summed E-state index contributed by atoms with van der Waals surface area (Å²) in [7, 11) is 0. The van der Waals surface area contributed by atoms with Gasteiger partial charge in [-0.25, -0.2) is 0 Å². The van der Waals surface area contributed by atoms with E-state index in [0.29, 0.717) is 0 Å². The highest BCUT2D eigenvalue weighted by Gasteiger charge is 2.39. The van der Waals surface area contributed by atoms with Gasteiger partial charge in [0.15, 0.2) is 0 Å². The normalized spacial score (nSPS) is 14.0. The maximum Gasteiger partial charge on any atom is 0.405 e. The Morgan fingerprint density at radius 3 is 2.05 bits per heavy atom. The third-order valence-corrected chi connectivity index (χ3v) is 6.99. The fourth-order valence-corrected chi connectivity index (χ4v) is 4.43. The Hall–Kier alpha value is -1.95. The lowest BCUT2D eigenvalue weighted by atomic mass is 9.97. The van der Waals surface area contributed by atoms with Gasteiger partial charge < -0.3 is 10.6 Å². The highest BCUT2D eigenvalue weighted by atomic mass is 79.9. The van der Waals surface area contributed by atoms with E-state index in [0.717, 1.165) is 18.2 Å². The second kappa shape index (κ2) is 12.9. The first-order valence-electron chi connectivity index (χ1n) is 10.7. The summed E-state index contributed by atoms with van der Waals surface area (Å²) in [5.41, 5.74) is 0.0731. The molecule has 0 bridgehead atoms. The first kappa shape index (κ1) is 32.3. The molecule has 14 heteroatoms. The van der Waals surface area contributed by atoms with Crippen molar-refractivity contribution in [1.29, 1.82) is 0 Å². The lowest BCUT2D eigenvalue weighted by Crippen LogP contribution is -2.51. The lowest BCUT2D eigenvalue weighted by molar-refractivity contribution is -0.140. The van der Waals surface area contributed by atoms with Gasteiger partial charge in [-0.1, -0.05) is 66.9 Å². The van der Waals surface area contributed by atoms with Crippen molar-refractivity contribution in [3.05, 3.63) is 72.6 Å². The summed E-state index contributed by atoms with van der Waals surface area (Å²) in [4.78, 5) is 24.9. The molecule has 2 amide bonds. The van der Waals surface area contributed by atoms with Crippen LogP contribution in [0.2, 0.25) is 15.1 Å². The molecule has 0 aromatic heterocycles. The Morgan fingerprint density at radius 1 is 1.00 bits per heavy atom. The molecule has 2 rings (SSSR count). The van der Waals surface area contributed by atoms with Crippen molar-refractivity contribution < 1.29 is 35.9 Å². The fourth-order valence-electron chi connectivity index (χ4n) is 3.24. The van der Waals surface area contributed by atoms with E-state index in [9.17, 15) is 35.9 Å². The Kier molecular flexibility index (Phi) is 11.0. The average Bonchev–Trinajstić information content (AvgIpc) is 2.77. The Labute approximate surface area is 237 Å². The quantitative estimate of drug-likeness (QED) is 0.220. The van der Waals surface area contributed by atoms with E-state index >= 15 is 0 Å². The zero-order valence-corrected chi connectivity index (χ0v) is 23.4. The molecule has 38 heavy (non-hydrogen) atoms. The zero-order chi connectivity index (χ0) is 29.0. The lowest BCUT2D eigenvalue weighted by Gasteiger charge is -2.22. The number of amides is 2. The summed E-state index contributed by atoms with van der Waals surface area (Å²) >= 11 is 20.8. The standard InChI is InChI=1S/C24H20BrCl3F6N2O2/c1-11(2)20(22(38)35-10-23(29,30)31)36-21(37)14-5-3-12(7-16(14)25)4-6-15(24(32,33)34)13-8-17(26)19(28)18(27)9-13/h3-9,11,15,20H,10H2,1-2H3,(H,35,38)(H,36,37)/b6-4+. The predicted octanol–water partition coefficient (Wildman–Crippen LogP) is 8.20. The summed E-state index contributed by atoms with van der Waals surface area (Å²) in [6.45, 7) is 1.53. The molecule has 0 saturated carbocycles.